The molecule has 2 heterocycles. The van der Waals surface area contributed by atoms with Crippen molar-refractivity contribution in [2.75, 3.05) is 39.3 Å². The summed E-state index contributed by atoms with van der Waals surface area (Å²) in [6.07, 6.45) is 2.17. The molecule has 130 valence electrons. The monoisotopic (exact) mass is 346 g/mol. The van der Waals surface area contributed by atoms with E-state index in [2.05, 4.69) is 40.2 Å². The lowest BCUT2D eigenvalue weighted by Gasteiger charge is -2.33. The number of hydrogen-bond donors (Lipinski definition) is 1. The van der Waals surface area contributed by atoms with Gasteiger partial charge >= 0.3 is 0 Å². The highest BCUT2D eigenvalue weighted by molar-refractivity contribution is 7.18. The summed E-state index contributed by atoms with van der Waals surface area (Å²) in [5, 5.41) is 4.18. The molecule has 3 rings (SSSR count). The van der Waals surface area contributed by atoms with Gasteiger partial charge in [0.2, 0.25) is 5.91 Å². The maximum Gasteiger partial charge on any atom is 0.234 e. The molecule has 1 fully saturated rings. The molecule has 1 N–H and O–H groups in total. The van der Waals surface area contributed by atoms with Gasteiger partial charge < -0.3 is 5.32 Å². The molecule has 0 spiro atoms. The molecule has 6 heteroatoms. The summed E-state index contributed by atoms with van der Waals surface area (Å²) in [6, 6.07) is 8.31. The molecule has 0 radical (unpaired) electrons. The fourth-order valence-electron chi connectivity index (χ4n) is 2.95. The lowest BCUT2D eigenvalue weighted by molar-refractivity contribution is -0.122. The summed E-state index contributed by atoms with van der Waals surface area (Å²) >= 11 is 1.78. The first-order valence-electron chi connectivity index (χ1n) is 8.80. The zero-order chi connectivity index (χ0) is 16.8. The minimum Gasteiger partial charge on any atom is -0.355 e. The maximum atomic E-state index is 11.9. The van der Waals surface area contributed by atoms with E-state index >= 15 is 0 Å². The Morgan fingerprint density at radius 3 is 2.71 bits per heavy atom. The third-order valence-corrected chi connectivity index (χ3v) is 5.40. The normalized spacial score (nSPS) is 16.5. The van der Waals surface area contributed by atoms with Crippen molar-refractivity contribution in [2.45, 2.75) is 26.3 Å². The number of nitrogens with one attached hydrogen (secondary N) is 1. The molecule has 1 aliphatic rings. The van der Waals surface area contributed by atoms with Gasteiger partial charge in [0.1, 0.15) is 5.01 Å². The average Bonchev–Trinajstić information content (AvgIpc) is 2.99. The van der Waals surface area contributed by atoms with Gasteiger partial charge in [-0.15, -0.1) is 11.3 Å². The summed E-state index contributed by atoms with van der Waals surface area (Å²) in [5.41, 5.74) is 1.10. The van der Waals surface area contributed by atoms with Gasteiger partial charge in [-0.3, -0.25) is 14.6 Å². The molecule has 1 amide bonds. The second-order valence-electron chi connectivity index (χ2n) is 6.33. The van der Waals surface area contributed by atoms with Crippen molar-refractivity contribution in [1.29, 1.82) is 0 Å². The van der Waals surface area contributed by atoms with Crippen LogP contribution in [0.5, 0.6) is 0 Å². The van der Waals surface area contributed by atoms with E-state index in [1.54, 1.807) is 11.3 Å². The third kappa shape index (κ3) is 4.75. The molecule has 1 aromatic heterocycles. The Morgan fingerprint density at radius 1 is 1.21 bits per heavy atom. The zero-order valence-corrected chi connectivity index (χ0v) is 15.1. The van der Waals surface area contributed by atoms with E-state index in [1.807, 2.05) is 6.07 Å². The summed E-state index contributed by atoms with van der Waals surface area (Å²) in [5.74, 6) is 0.156. The van der Waals surface area contributed by atoms with Gasteiger partial charge in [0.05, 0.1) is 23.3 Å². The fraction of sp³-hybridized carbons (Fsp3) is 0.556. The SMILES string of the molecule is CCCCNC(=O)CN1CCN(Cc2nc3ccccc3s2)CC1. The van der Waals surface area contributed by atoms with Crippen LogP contribution in [0.3, 0.4) is 0 Å². The highest BCUT2D eigenvalue weighted by Crippen LogP contribution is 2.22. The number of aromatic nitrogens is 1. The molecule has 1 aromatic carbocycles. The highest BCUT2D eigenvalue weighted by atomic mass is 32.1. The predicted octanol–water partition coefficient (Wildman–Crippen LogP) is 2.33. The van der Waals surface area contributed by atoms with Crippen LogP contribution in [0.4, 0.5) is 0 Å². The number of piperazine rings is 1. The number of hydrogen-bond acceptors (Lipinski definition) is 5. The van der Waals surface area contributed by atoms with Crippen LogP contribution in [0.2, 0.25) is 0 Å². The maximum absolute atomic E-state index is 11.9. The van der Waals surface area contributed by atoms with Crippen LogP contribution in [0.25, 0.3) is 10.2 Å². The molecule has 2 aromatic rings. The number of unbranched alkanes of at least 4 members (excludes halogenated alkanes) is 1. The molecule has 1 aliphatic heterocycles. The van der Waals surface area contributed by atoms with E-state index in [1.165, 1.54) is 9.71 Å². The number of carbonyl (C=O) groups is 1. The van der Waals surface area contributed by atoms with Crippen molar-refractivity contribution < 1.29 is 4.79 Å². The second-order valence-corrected chi connectivity index (χ2v) is 7.45. The van der Waals surface area contributed by atoms with Crippen molar-refractivity contribution in [3.63, 3.8) is 0 Å². The molecule has 24 heavy (non-hydrogen) atoms. The molecule has 0 saturated carbocycles. The van der Waals surface area contributed by atoms with Crippen molar-refractivity contribution in [2.24, 2.45) is 0 Å². The number of benzene rings is 1. The van der Waals surface area contributed by atoms with Crippen molar-refractivity contribution in [3.05, 3.63) is 29.3 Å². The summed E-state index contributed by atoms with van der Waals surface area (Å²) < 4.78 is 1.26. The lowest BCUT2D eigenvalue weighted by atomic mass is 10.3. The van der Waals surface area contributed by atoms with Crippen LogP contribution in [0.1, 0.15) is 24.8 Å². The number of rotatable bonds is 7. The number of thiazole rings is 1. The van der Waals surface area contributed by atoms with Crippen LogP contribution in [0, 0.1) is 0 Å². The molecular formula is C18H26N4OS. The molecule has 0 atom stereocenters. The van der Waals surface area contributed by atoms with E-state index in [0.29, 0.717) is 6.54 Å². The minimum atomic E-state index is 0.156. The van der Waals surface area contributed by atoms with Gasteiger partial charge in [-0.25, -0.2) is 4.98 Å². The van der Waals surface area contributed by atoms with E-state index < -0.39 is 0 Å². The molecule has 0 bridgehead atoms. The Morgan fingerprint density at radius 2 is 1.96 bits per heavy atom. The summed E-state index contributed by atoms with van der Waals surface area (Å²) in [4.78, 5) is 21.3. The van der Waals surface area contributed by atoms with Gasteiger partial charge in [-0.05, 0) is 18.6 Å². The summed E-state index contributed by atoms with van der Waals surface area (Å²) in [7, 11) is 0. The number of fused-ring (bicyclic) bond motifs is 1. The van der Waals surface area contributed by atoms with Gasteiger partial charge in [0.25, 0.3) is 0 Å². The fourth-order valence-corrected chi connectivity index (χ4v) is 3.96. The van der Waals surface area contributed by atoms with Gasteiger partial charge in [-0.2, -0.15) is 0 Å². The van der Waals surface area contributed by atoms with Gasteiger partial charge in [0.15, 0.2) is 0 Å². The topological polar surface area (TPSA) is 48.5 Å². The first-order valence-corrected chi connectivity index (χ1v) is 9.62. The highest BCUT2D eigenvalue weighted by Gasteiger charge is 2.19. The first-order chi connectivity index (χ1) is 11.7. The molecule has 0 unspecified atom stereocenters. The third-order valence-electron chi connectivity index (χ3n) is 4.38. The van der Waals surface area contributed by atoms with E-state index in [4.69, 9.17) is 4.98 Å². The van der Waals surface area contributed by atoms with Crippen LogP contribution in [-0.4, -0.2) is 60.0 Å². The van der Waals surface area contributed by atoms with Gasteiger partial charge in [-0.1, -0.05) is 25.5 Å². The van der Waals surface area contributed by atoms with Crippen molar-refractivity contribution in [3.8, 4) is 0 Å². The second kappa shape index (κ2) is 8.55. The van der Waals surface area contributed by atoms with Crippen molar-refractivity contribution in [1.82, 2.24) is 20.1 Å². The standard InChI is InChI=1S/C18H26N4OS/c1-2-3-8-19-17(23)13-21-9-11-22(12-10-21)14-18-20-15-6-4-5-7-16(15)24-18/h4-7H,2-3,8-14H2,1H3,(H,19,23). The number of carbonyl (C=O) groups excluding carboxylic acids is 1. The Balaban J connectivity index is 1.42. The number of nitrogens with zero attached hydrogens (tertiary/aromatic N) is 3. The smallest absolute Gasteiger partial charge is 0.234 e. The largest absolute Gasteiger partial charge is 0.355 e. The molecule has 1 saturated heterocycles. The van der Waals surface area contributed by atoms with Gasteiger partial charge in [0, 0.05) is 32.7 Å². The van der Waals surface area contributed by atoms with Crippen LogP contribution < -0.4 is 5.32 Å². The van der Waals surface area contributed by atoms with E-state index in [-0.39, 0.29) is 5.91 Å². The Labute approximate surface area is 147 Å². The number of para-hydroxylation sites is 1. The molecule has 0 aliphatic carbocycles. The zero-order valence-electron chi connectivity index (χ0n) is 14.3. The van der Waals surface area contributed by atoms with E-state index in [9.17, 15) is 4.79 Å². The average molecular weight is 347 g/mol. The Bertz CT molecular complexity index is 631. The van der Waals surface area contributed by atoms with E-state index in [0.717, 1.165) is 57.6 Å². The molecular weight excluding hydrogens is 320 g/mol. The molecule has 5 nitrogen and oxygen atoms in total. The van der Waals surface area contributed by atoms with Crippen molar-refractivity contribution >= 4 is 27.5 Å². The first kappa shape index (κ1) is 17.3. The Kier molecular flexibility index (Phi) is 6.18. The van der Waals surface area contributed by atoms with Crippen LogP contribution in [-0.2, 0) is 11.3 Å². The predicted molar refractivity (Wildman–Crippen MR) is 99.3 cm³/mol. The quantitative estimate of drug-likeness (QED) is 0.782. The number of amides is 1. The van der Waals surface area contributed by atoms with Crippen LogP contribution >= 0.6 is 11.3 Å². The minimum absolute atomic E-state index is 0.156. The Hall–Kier alpha value is -1.50. The summed E-state index contributed by atoms with van der Waals surface area (Å²) in [6.45, 7) is 8.27. The lowest BCUT2D eigenvalue weighted by Crippen LogP contribution is -2.49. The van der Waals surface area contributed by atoms with Crippen LogP contribution in [0.15, 0.2) is 24.3 Å².